The van der Waals surface area contributed by atoms with Gasteiger partial charge in [0.05, 0.1) is 5.92 Å². The third-order valence-electron chi connectivity index (χ3n) is 5.30. The Morgan fingerprint density at radius 1 is 0.935 bits per heavy atom. The molecule has 31 heavy (non-hydrogen) atoms. The van der Waals surface area contributed by atoms with E-state index in [-0.39, 0.29) is 17.9 Å². The second-order valence-electron chi connectivity index (χ2n) is 7.41. The predicted molar refractivity (Wildman–Crippen MR) is 122 cm³/mol. The molecule has 160 valence electrons. The van der Waals surface area contributed by atoms with E-state index in [1.54, 1.807) is 36.4 Å². The zero-order valence-corrected chi connectivity index (χ0v) is 17.3. The molecule has 2 unspecified atom stereocenters. The number of benzene rings is 3. The third-order valence-corrected chi connectivity index (χ3v) is 5.30. The maximum Gasteiger partial charge on any atom is 0.248 e. The van der Waals surface area contributed by atoms with Crippen LogP contribution in [0.4, 0.5) is 11.4 Å². The van der Waals surface area contributed by atoms with Crippen molar-refractivity contribution < 1.29 is 15.3 Å². The van der Waals surface area contributed by atoms with Crippen LogP contribution in [0.1, 0.15) is 45.4 Å². The smallest absolute Gasteiger partial charge is 0.248 e. The first kappa shape index (κ1) is 22.0. The molecule has 0 bridgehead atoms. The molecule has 10 N–H and O–H groups in total. The number of amides is 2. The van der Waals surface area contributed by atoms with Gasteiger partial charge in [-0.25, -0.2) is 0 Å². The summed E-state index contributed by atoms with van der Waals surface area (Å²) in [4.78, 5) is 24.3. The van der Waals surface area contributed by atoms with E-state index in [1.165, 1.54) is 0 Å². The van der Waals surface area contributed by atoms with Gasteiger partial charge >= 0.3 is 0 Å². The summed E-state index contributed by atoms with van der Waals surface area (Å²) >= 11 is 0. The highest BCUT2D eigenvalue weighted by atomic mass is 16.2. The molecule has 0 heterocycles. The van der Waals surface area contributed by atoms with Crippen molar-refractivity contribution in [1.82, 2.24) is 0 Å². The minimum Gasteiger partial charge on any atom is -0.398 e. The molecule has 0 fully saturated rings. The highest BCUT2D eigenvalue weighted by Crippen LogP contribution is 2.28. The Kier molecular flexibility index (Phi) is 7.02. The van der Waals surface area contributed by atoms with Crippen LogP contribution in [0.5, 0.6) is 0 Å². The number of primary amides is 1. The third kappa shape index (κ3) is 5.28. The first-order chi connectivity index (χ1) is 14.9. The Morgan fingerprint density at radius 3 is 2.23 bits per heavy atom. The highest BCUT2D eigenvalue weighted by Gasteiger charge is 2.21. The second kappa shape index (κ2) is 9.88. The Hall–Kier alpha value is -3.68. The molecule has 3 aromatic carbocycles. The van der Waals surface area contributed by atoms with E-state index >= 15 is 0 Å². The lowest BCUT2D eigenvalue weighted by Gasteiger charge is -2.18. The van der Waals surface area contributed by atoms with Gasteiger partial charge in [0.1, 0.15) is 6.04 Å². The van der Waals surface area contributed by atoms with Crippen LogP contribution in [0.3, 0.4) is 0 Å². The first-order valence-corrected chi connectivity index (χ1v) is 10.1. The first-order valence-electron chi connectivity index (χ1n) is 10.1. The van der Waals surface area contributed by atoms with Gasteiger partial charge in [-0.05, 0) is 48.9 Å². The van der Waals surface area contributed by atoms with Crippen LogP contribution in [0.25, 0.3) is 0 Å². The van der Waals surface area contributed by atoms with Gasteiger partial charge in [-0.15, -0.1) is 0 Å². The largest absolute Gasteiger partial charge is 0.398 e. The summed E-state index contributed by atoms with van der Waals surface area (Å²) in [6.45, 7) is 0.405. The number of nitrogen functional groups attached to an aromatic ring is 1. The molecule has 7 nitrogen and oxygen atoms in total. The Bertz CT molecular complexity index is 1050. The average Bonchev–Trinajstić information content (AvgIpc) is 2.78. The number of nitrogens with one attached hydrogen (secondary N) is 1. The van der Waals surface area contributed by atoms with E-state index in [0.29, 0.717) is 29.9 Å². The SMILES string of the molecule is NCCC(C(=O)Nc1ccc(N)c(C([NH3+])c2ccc(C(N)=O)cc2)c1)c1ccccc1. The number of carbonyl (C=O) groups is 2. The van der Waals surface area contributed by atoms with Crippen LogP contribution >= 0.6 is 0 Å². The fourth-order valence-electron chi connectivity index (χ4n) is 3.54. The van der Waals surface area contributed by atoms with E-state index in [4.69, 9.17) is 17.2 Å². The molecule has 3 aromatic rings. The lowest BCUT2D eigenvalue weighted by atomic mass is 9.94. The molecule has 0 aliphatic heterocycles. The van der Waals surface area contributed by atoms with E-state index in [2.05, 4.69) is 11.1 Å². The standard InChI is InChI=1S/C24H27N5O2/c25-13-12-19(15-4-2-1-3-5-15)24(31)29-18-10-11-21(26)20(14-18)22(27)16-6-8-17(9-7-16)23(28)30/h1-11,14,19,22H,12-13,25-27H2,(H2,28,30)(H,29,31)/p+1. The van der Waals surface area contributed by atoms with Gasteiger partial charge in [0.15, 0.2) is 0 Å². The lowest BCUT2D eigenvalue weighted by Crippen LogP contribution is -2.54. The van der Waals surface area contributed by atoms with Crippen molar-refractivity contribution in [2.24, 2.45) is 11.5 Å². The van der Waals surface area contributed by atoms with Gasteiger partial charge in [0, 0.05) is 28.1 Å². The van der Waals surface area contributed by atoms with Crippen LogP contribution in [0, 0.1) is 0 Å². The normalized spacial score (nSPS) is 12.7. The van der Waals surface area contributed by atoms with E-state index in [0.717, 1.165) is 16.7 Å². The maximum absolute atomic E-state index is 13.0. The zero-order chi connectivity index (χ0) is 22.4. The molecule has 2 amide bonds. The number of hydrogen-bond acceptors (Lipinski definition) is 4. The quantitative estimate of drug-likeness (QED) is 0.354. The summed E-state index contributed by atoms with van der Waals surface area (Å²) in [5.41, 5.74) is 25.7. The van der Waals surface area contributed by atoms with Crippen molar-refractivity contribution >= 4 is 23.2 Å². The number of nitrogens with two attached hydrogens (primary N) is 3. The van der Waals surface area contributed by atoms with Gasteiger partial charge < -0.3 is 28.3 Å². The fraction of sp³-hybridized carbons (Fsp3) is 0.167. The molecule has 0 saturated carbocycles. The van der Waals surface area contributed by atoms with Gasteiger partial charge in [-0.1, -0.05) is 42.5 Å². The number of hydrogen-bond donors (Lipinski definition) is 5. The number of quaternary nitrogens is 1. The minimum atomic E-state index is -0.484. The average molecular weight is 419 g/mol. The molecule has 0 aliphatic rings. The van der Waals surface area contributed by atoms with E-state index in [9.17, 15) is 9.59 Å². The summed E-state index contributed by atoms with van der Waals surface area (Å²) in [7, 11) is 0. The lowest BCUT2D eigenvalue weighted by molar-refractivity contribution is -0.411. The topological polar surface area (TPSA) is 152 Å². The van der Waals surface area contributed by atoms with Crippen LogP contribution in [-0.4, -0.2) is 18.4 Å². The van der Waals surface area contributed by atoms with Crippen molar-refractivity contribution in [2.75, 3.05) is 17.6 Å². The van der Waals surface area contributed by atoms with Crippen LogP contribution < -0.4 is 28.3 Å². The highest BCUT2D eigenvalue weighted by molar-refractivity contribution is 5.96. The molecular weight excluding hydrogens is 390 g/mol. The molecule has 2 atom stereocenters. The molecular formula is C24H28N5O2+. The van der Waals surface area contributed by atoms with E-state index < -0.39 is 5.91 Å². The van der Waals surface area contributed by atoms with Crippen LogP contribution in [0.2, 0.25) is 0 Å². The fourth-order valence-corrected chi connectivity index (χ4v) is 3.54. The van der Waals surface area contributed by atoms with Crippen LogP contribution in [-0.2, 0) is 4.79 Å². The summed E-state index contributed by atoms with van der Waals surface area (Å²) in [6, 6.07) is 21.6. The van der Waals surface area contributed by atoms with Crippen molar-refractivity contribution in [3.8, 4) is 0 Å². The van der Waals surface area contributed by atoms with Gasteiger partial charge in [-0.3, -0.25) is 9.59 Å². The Balaban J connectivity index is 1.82. The molecule has 0 saturated heterocycles. The molecule has 0 spiro atoms. The van der Waals surface area contributed by atoms with Gasteiger partial charge in [0.2, 0.25) is 11.8 Å². The zero-order valence-electron chi connectivity index (χ0n) is 17.3. The second-order valence-corrected chi connectivity index (χ2v) is 7.41. The summed E-state index contributed by atoms with van der Waals surface area (Å²) < 4.78 is 0. The molecule has 0 radical (unpaired) electrons. The predicted octanol–water partition coefficient (Wildman–Crippen LogP) is 1.77. The monoisotopic (exact) mass is 418 g/mol. The molecule has 3 rings (SSSR count). The molecule has 0 aromatic heterocycles. The number of rotatable bonds is 8. The summed E-state index contributed by atoms with van der Waals surface area (Å²) in [5, 5.41) is 2.98. The van der Waals surface area contributed by atoms with Gasteiger partial charge in [-0.2, -0.15) is 0 Å². The molecule has 7 heteroatoms. The van der Waals surface area contributed by atoms with Crippen molar-refractivity contribution in [2.45, 2.75) is 18.4 Å². The summed E-state index contributed by atoms with van der Waals surface area (Å²) in [6.07, 6.45) is 0.543. The van der Waals surface area contributed by atoms with Crippen molar-refractivity contribution in [1.29, 1.82) is 0 Å². The van der Waals surface area contributed by atoms with Crippen LogP contribution in [0.15, 0.2) is 72.8 Å². The van der Waals surface area contributed by atoms with Crippen molar-refractivity contribution in [3.63, 3.8) is 0 Å². The van der Waals surface area contributed by atoms with Crippen molar-refractivity contribution in [3.05, 3.63) is 95.1 Å². The maximum atomic E-state index is 13.0. The minimum absolute atomic E-state index is 0.126. The Labute approximate surface area is 181 Å². The Morgan fingerprint density at radius 2 is 1.61 bits per heavy atom. The number of carbonyl (C=O) groups excluding carboxylic acids is 2. The van der Waals surface area contributed by atoms with E-state index in [1.807, 2.05) is 36.4 Å². The van der Waals surface area contributed by atoms with Gasteiger partial charge in [0.25, 0.3) is 0 Å². The number of anilines is 2. The molecule has 0 aliphatic carbocycles. The summed E-state index contributed by atoms with van der Waals surface area (Å²) in [5.74, 6) is -0.954.